The number of nitrogens with zero attached hydrogens (tertiary/aromatic N) is 2. The van der Waals surface area contributed by atoms with Gasteiger partial charge in [0.1, 0.15) is 0 Å². The number of pyridine rings is 1. The van der Waals surface area contributed by atoms with Gasteiger partial charge in [-0.15, -0.1) is 0 Å². The molecule has 0 spiro atoms. The number of carbonyl (C=O) groups is 3. The summed E-state index contributed by atoms with van der Waals surface area (Å²) in [7, 11) is 0. The molecular weight excluding hydrogens is 348 g/mol. The molecule has 1 saturated heterocycles. The van der Waals surface area contributed by atoms with Crippen LogP contribution in [0.3, 0.4) is 0 Å². The number of rotatable bonds is 6. The fourth-order valence-electron chi connectivity index (χ4n) is 3.33. The molecule has 2 atom stereocenters. The molecule has 0 aromatic carbocycles. The van der Waals surface area contributed by atoms with Gasteiger partial charge in [0.15, 0.2) is 0 Å². The Hall–Kier alpha value is -2.64. The zero-order valence-corrected chi connectivity index (χ0v) is 15.5. The molecule has 3 rings (SSSR count). The normalized spacial score (nSPS) is 22.0. The summed E-state index contributed by atoms with van der Waals surface area (Å²) >= 11 is 0. The number of hydrogen-bond acceptors (Lipinski definition) is 5. The molecule has 2 aliphatic rings. The lowest BCUT2D eigenvalue weighted by Crippen LogP contribution is -2.47. The Labute approximate surface area is 158 Å². The van der Waals surface area contributed by atoms with E-state index in [1.54, 1.807) is 24.2 Å². The van der Waals surface area contributed by atoms with Crippen molar-refractivity contribution < 1.29 is 19.1 Å². The SMILES string of the molecule is CCOC(=O)N1CCC(NC(=O)C2CC2C(=O)NCc2cccnc2)CC1. The van der Waals surface area contributed by atoms with Crippen molar-refractivity contribution in [3.05, 3.63) is 30.1 Å². The molecule has 27 heavy (non-hydrogen) atoms. The summed E-state index contributed by atoms with van der Waals surface area (Å²) in [6.45, 7) is 3.71. The van der Waals surface area contributed by atoms with Gasteiger partial charge in [-0.05, 0) is 37.8 Å². The van der Waals surface area contributed by atoms with Gasteiger partial charge in [0.2, 0.25) is 11.8 Å². The summed E-state index contributed by atoms with van der Waals surface area (Å²) in [6.07, 6.45) is 5.09. The van der Waals surface area contributed by atoms with Crippen LogP contribution in [-0.4, -0.2) is 53.5 Å². The molecule has 0 bridgehead atoms. The van der Waals surface area contributed by atoms with E-state index in [1.165, 1.54) is 0 Å². The zero-order chi connectivity index (χ0) is 19.2. The van der Waals surface area contributed by atoms with Crippen LogP contribution in [0.15, 0.2) is 24.5 Å². The molecule has 1 aliphatic heterocycles. The third-order valence-corrected chi connectivity index (χ3v) is 5.02. The first-order valence-corrected chi connectivity index (χ1v) is 9.47. The third-order valence-electron chi connectivity index (χ3n) is 5.02. The van der Waals surface area contributed by atoms with Crippen molar-refractivity contribution in [2.75, 3.05) is 19.7 Å². The van der Waals surface area contributed by atoms with Gasteiger partial charge in [-0.25, -0.2) is 4.79 Å². The lowest BCUT2D eigenvalue weighted by atomic mass is 10.1. The summed E-state index contributed by atoms with van der Waals surface area (Å²) < 4.78 is 4.99. The Balaban J connectivity index is 1.36. The van der Waals surface area contributed by atoms with Crippen molar-refractivity contribution in [1.29, 1.82) is 0 Å². The number of likely N-dealkylation sites (tertiary alicyclic amines) is 1. The summed E-state index contributed by atoms with van der Waals surface area (Å²) in [5.74, 6) is -0.648. The maximum absolute atomic E-state index is 12.4. The number of hydrogen-bond donors (Lipinski definition) is 2. The number of amides is 3. The Bertz CT molecular complexity index is 674. The summed E-state index contributed by atoms with van der Waals surface area (Å²) in [6, 6.07) is 3.76. The summed E-state index contributed by atoms with van der Waals surface area (Å²) in [4.78, 5) is 41.9. The average Bonchev–Trinajstić information content (AvgIpc) is 3.49. The van der Waals surface area contributed by atoms with Crippen molar-refractivity contribution in [3.8, 4) is 0 Å². The standard InChI is InChI=1S/C19H26N4O4/c1-2-27-19(26)23-8-5-14(6-9-23)22-18(25)16-10-15(16)17(24)21-12-13-4-3-7-20-11-13/h3-4,7,11,14-16H,2,5-6,8-10,12H2,1H3,(H,21,24)(H,22,25). The molecule has 1 aliphatic carbocycles. The molecule has 1 aromatic heterocycles. The van der Waals surface area contributed by atoms with Gasteiger partial charge in [-0.1, -0.05) is 6.07 Å². The Kier molecular flexibility index (Phi) is 6.26. The van der Waals surface area contributed by atoms with E-state index < -0.39 is 0 Å². The molecule has 8 heteroatoms. The largest absolute Gasteiger partial charge is 0.450 e. The highest BCUT2D eigenvalue weighted by Gasteiger charge is 2.48. The molecule has 2 unspecified atom stereocenters. The van der Waals surface area contributed by atoms with Crippen LogP contribution in [0.2, 0.25) is 0 Å². The van der Waals surface area contributed by atoms with Gasteiger partial charge in [0.05, 0.1) is 18.4 Å². The van der Waals surface area contributed by atoms with E-state index in [4.69, 9.17) is 4.74 Å². The molecule has 2 N–H and O–H groups in total. The maximum atomic E-state index is 12.4. The van der Waals surface area contributed by atoms with Crippen LogP contribution in [0.5, 0.6) is 0 Å². The van der Waals surface area contributed by atoms with Crippen molar-refractivity contribution in [2.24, 2.45) is 11.8 Å². The number of nitrogens with one attached hydrogen (secondary N) is 2. The van der Waals surface area contributed by atoms with Crippen molar-refractivity contribution in [1.82, 2.24) is 20.5 Å². The van der Waals surface area contributed by atoms with E-state index in [9.17, 15) is 14.4 Å². The molecule has 146 valence electrons. The van der Waals surface area contributed by atoms with E-state index in [1.807, 2.05) is 12.1 Å². The van der Waals surface area contributed by atoms with Gasteiger partial charge in [-0.2, -0.15) is 0 Å². The van der Waals surface area contributed by atoms with Crippen LogP contribution in [-0.2, 0) is 20.9 Å². The lowest BCUT2D eigenvalue weighted by Gasteiger charge is -2.31. The van der Waals surface area contributed by atoms with Gasteiger partial charge in [0, 0.05) is 38.1 Å². The first-order valence-electron chi connectivity index (χ1n) is 9.47. The Morgan fingerprint density at radius 2 is 1.96 bits per heavy atom. The minimum Gasteiger partial charge on any atom is -0.450 e. The average molecular weight is 374 g/mol. The second kappa shape index (κ2) is 8.83. The maximum Gasteiger partial charge on any atom is 0.409 e. The highest BCUT2D eigenvalue weighted by molar-refractivity contribution is 5.92. The number of piperidine rings is 1. The third kappa shape index (κ3) is 5.18. The number of carbonyl (C=O) groups excluding carboxylic acids is 3. The Morgan fingerprint density at radius 1 is 1.22 bits per heavy atom. The fraction of sp³-hybridized carbons (Fsp3) is 0.579. The van der Waals surface area contributed by atoms with E-state index in [0.717, 1.165) is 5.56 Å². The van der Waals surface area contributed by atoms with Gasteiger partial charge < -0.3 is 20.3 Å². The lowest BCUT2D eigenvalue weighted by molar-refractivity contribution is -0.127. The van der Waals surface area contributed by atoms with E-state index in [2.05, 4.69) is 15.6 Å². The molecule has 3 amide bonds. The quantitative estimate of drug-likeness (QED) is 0.776. The molecule has 0 radical (unpaired) electrons. The van der Waals surface area contributed by atoms with Crippen molar-refractivity contribution in [2.45, 2.75) is 38.8 Å². The smallest absolute Gasteiger partial charge is 0.409 e. The molecule has 2 fully saturated rings. The molecule has 1 saturated carbocycles. The number of ether oxygens (including phenoxy) is 1. The summed E-state index contributed by atoms with van der Waals surface area (Å²) in [5.41, 5.74) is 0.931. The van der Waals surface area contributed by atoms with E-state index >= 15 is 0 Å². The van der Waals surface area contributed by atoms with Gasteiger partial charge >= 0.3 is 6.09 Å². The van der Waals surface area contributed by atoms with Crippen LogP contribution in [0.25, 0.3) is 0 Å². The monoisotopic (exact) mass is 374 g/mol. The predicted molar refractivity (Wildman–Crippen MR) is 97.4 cm³/mol. The van der Waals surface area contributed by atoms with Gasteiger partial charge in [-0.3, -0.25) is 14.6 Å². The zero-order valence-electron chi connectivity index (χ0n) is 15.5. The van der Waals surface area contributed by atoms with Crippen LogP contribution in [0.1, 0.15) is 31.7 Å². The molecule has 1 aromatic rings. The molecule has 8 nitrogen and oxygen atoms in total. The molecular formula is C19H26N4O4. The Morgan fingerprint density at radius 3 is 2.63 bits per heavy atom. The van der Waals surface area contributed by atoms with Crippen LogP contribution in [0.4, 0.5) is 4.79 Å². The second-order valence-corrected chi connectivity index (χ2v) is 7.00. The fourth-order valence-corrected chi connectivity index (χ4v) is 3.33. The van der Waals surface area contributed by atoms with Gasteiger partial charge in [0.25, 0.3) is 0 Å². The van der Waals surface area contributed by atoms with Crippen molar-refractivity contribution in [3.63, 3.8) is 0 Å². The molecule has 2 heterocycles. The topological polar surface area (TPSA) is 101 Å². The van der Waals surface area contributed by atoms with Crippen LogP contribution < -0.4 is 10.6 Å². The number of aromatic nitrogens is 1. The summed E-state index contributed by atoms with van der Waals surface area (Å²) in [5, 5.41) is 5.89. The van der Waals surface area contributed by atoms with Crippen LogP contribution in [0, 0.1) is 11.8 Å². The first kappa shape index (κ1) is 19.1. The minimum absolute atomic E-state index is 0.0443. The van der Waals surface area contributed by atoms with E-state index in [0.29, 0.717) is 45.5 Å². The van der Waals surface area contributed by atoms with Crippen LogP contribution >= 0.6 is 0 Å². The second-order valence-electron chi connectivity index (χ2n) is 7.00. The highest BCUT2D eigenvalue weighted by atomic mass is 16.6. The predicted octanol–water partition coefficient (Wildman–Crippen LogP) is 1.07. The van der Waals surface area contributed by atoms with E-state index in [-0.39, 0.29) is 35.8 Å². The minimum atomic E-state index is -0.296. The highest BCUT2D eigenvalue weighted by Crippen LogP contribution is 2.39. The first-order chi connectivity index (χ1) is 13.1. The van der Waals surface area contributed by atoms with Crippen molar-refractivity contribution >= 4 is 17.9 Å².